The molecule has 0 heterocycles. The lowest BCUT2D eigenvalue weighted by molar-refractivity contribution is -0.151. The van der Waals surface area contributed by atoms with Crippen LogP contribution in [0.3, 0.4) is 0 Å². The Morgan fingerprint density at radius 1 is 0.545 bits per heavy atom. The van der Waals surface area contributed by atoms with Crippen molar-refractivity contribution in [1.82, 2.24) is 10.6 Å². The molecule has 4 N–H and O–H groups in total. The molecule has 0 aromatic heterocycles. The van der Waals surface area contributed by atoms with Crippen LogP contribution in [-0.2, 0) is 23.9 Å². The number of rotatable bonds is 13. The summed E-state index contributed by atoms with van der Waals surface area (Å²) in [4.78, 5) is 37.7. The van der Waals surface area contributed by atoms with E-state index in [-0.39, 0.29) is 55.3 Å². The maximum Gasteiger partial charge on any atom is 0.308 e. The number of Topliss-reactive ketones (excluding diaryl/α,β-unsaturated/α-hetero) is 1. The average Bonchev–Trinajstić information content (AvgIpc) is 2.96. The van der Waals surface area contributed by atoms with E-state index in [2.05, 4.69) is 57.2 Å². The number of carbonyl (C=O) groups is 3. The van der Waals surface area contributed by atoms with Crippen LogP contribution in [0.15, 0.2) is 4.99 Å². The van der Waals surface area contributed by atoms with Crippen LogP contribution >= 0.6 is 24.4 Å². The normalized spacial score (nSPS) is 10.8. The van der Waals surface area contributed by atoms with Crippen LogP contribution < -0.4 is 16.4 Å². The SMILES string of the molecule is C.CC(C)CC(=O)C(C)C.CC(C)N=C(N)C(C)C.CC(C)NC(=O)C(C)C.CC(C)NC(=S)C(C)C.CC(C)OC(=O)C(C)C.CC(C)OC(=S)C(C)C. The summed E-state index contributed by atoms with van der Waals surface area (Å²) in [6.07, 6.45) is 0.970. The zero-order valence-electron chi connectivity index (χ0n) is 39.5. The van der Waals surface area contributed by atoms with Gasteiger partial charge in [0.1, 0.15) is 5.78 Å². The molecule has 0 aliphatic carbocycles. The minimum absolute atomic E-state index is 0. The third-order valence-electron chi connectivity index (χ3n) is 5.81. The third kappa shape index (κ3) is 61.3. The Hall–Kier alpha value is -2.14. The van der Waals surface area contributed by atoms with Gasteiger partial charge in [0.2, 0.25) is 5.91 Å². The van der Waals surface area contributed by atoms with Crippen molar-refractivity contribution in [3.63, 3.8) is 0 Å². The van der Waals surface area contributed by atoms with E-state index in [1.54, 1.807) is 0 Å². The van der Waals surface area contributed by atoms with Gasteiger partial charge in [-0.2, -0.15) is 0 Å². The van der Waals surface area contributed by atoms with Gasteiger partial charge in [-0.15, -0.1) is 0 Å². The first kappa shape index (κ1) is 67.6. The molecule has 0 rings (SSSR count). The number of carbonyl (C=O) groups excluding carboxylic acids is 3. The van der Waals surface area contributed by atoms with Crippen molar-refractivity contribution in [2.45, 2.75) is 210 Å². The van der Waals surface area contributed by atoms with Gasteiger partial charge in [-0.05, 0) is 87.4 Å². The molecule has 0 radical (unpaired) electrons. The van der Waals surface area contributed by atoms with Crippen LogP contribution in [0, 0.1) is 41.4 Å². The number of nitrogens with zero attached hydrogens (tertiary/aromatic N) is 1. The van der Waals surface area contributed by atoms with E-state index < -0.39 is 0 Å². The Labute approximate surface area is 353 Å². The van der Waals surface area contributed by atoms with E-state index in [9.17, 15) is 14.4 Å². The minimum atomic E-state index is -0.120. The molecule has 0 aromatic carbocycles. The first-order valence-corrected chi connectivity index (χ1v) is 20.9. The smallest absolute Gasteiger partial charge is 0.308 e. The molecule has 0 aliphatic rings. The van der Waals surface area contributed by atoms with E-state index in [0.717, 1.165) is 17.2 Å². The molecule has 0 saturated carbocycles. The quantitative estimate of drug-likeness (QED) is 0.0719. The highest BCUT2D eigenvalue weighted by Crippen LogP contribution is 2.06. The van der Waals surface area contributed by atoms with Crippen molar-refractivity contribution < 1.29 is 23.9 Å². The lowest BCUT2D eigenvalue weighted by Gasteiger charge is -2.13. The highest BCUT2D eigenvalue weighted by atomic mass is 32.1. The number of hydrogen-bond donors (Lipinski definition) is 3. The van der Waals surface area contributed by atoms with Gasteiger partial charge in [0.25, 0.3) is 0 Å². The van der Waals surface area contributed by atoms with E-state index in [4.69, 9.17) is 39.6 Å². The molecular weight excluding hydrogens is 729 g/mol. The first-order chi connectivity index (χ1) is 24.2. The number of esters is 1. The van der Waals surface area contributed by atoms with Gasteiger partial charge in [-0.1, -0.05) is 117 Å². The Morgan fingerprint density at radius 2 is 0.945 bits per heavy atom. The van der Waals surface area contributed by atoms with E-state index >= 15 is 0 Å². The van der Waals surface area contributed by atoms with Crippen molar-refractivity contribution in [3.05, 3.63) is 0 Å². The molecular formula is C44H94N4O5S2. The number of hydrogen-bond acceptors (Lipinski definition) is 8. The predicted octanol–water partition coefficient (Wildman–Crippen LogP) is 11.4. The summed E-state index contributed by atoms with van der Waals surface area (Å²) in [5.41, 5.74) is 5.57. The maximum atomic E-state index is 11.0. The number of ketones is 1. The maximum absolute atomic E-state index is 11.0. The van der Waals surface area contributed by atoms with Crippen molar-refractivity contribution in [2.75, 3.05) is 0 Å². The molecule has 1 amide bonds. The van der Waals surface area contributed by atoms with Crippen LogP contribution in [0.1, 0.15) is 180 Å². The second-order valence-electron chi connectivity index (χ2n) is 16.9. The van der Waals surface area contributed by atoms with Gasteiger partial charge in [-0.25, -0.2) is 0 Å². The Bertz CT molecular complexity index is 851. The molecule has 0 saturated heterocycles. The molecule has 9 nitrogen and oxygen atoms in total. The molecule has 11 heteroatoms. The fourth-order valence-electron chi connectivity index (χ4n) is 2.72. The molecule has 0 atom stereocenters. The predicted molar refractivity (Wildman–Crippen MR) is 251 cm³/mol. The number of aliphatic imine (C=N–C) groups is 1. The topological polar surface area (TPSA) is 132 Å². The lowest BCUT2D eigenvalue weighted by Crippen LogP contribution is -2.33. The van der Waals surface area contributed by atoms with E-state index in [1.807, 2.05) is 125 Å². The van der Waals surface area contributed by atoms with Crippen LogP contribution in [0.2, 0.25) is 0 Å². The van der Waals surface area contributed by atoms with Crippen LogP contribution in [0.25, 0.3) is 0 Å². The number of ether oxygens (including phenoxy) is 2. The van der Waals surface area contributed by atoms with Crippen LogP contribution in [-0.4, -0.2) is 63.9 Å². The molecule has 0 spiro atoms. The lowest BCUT2D eigenvalue weighted by atomic mass is 9.99. The second-order valence-corrected chi connectivity index (χ2v) is 17.8. The summed E-state index contributed by atoms with van der Waals surface area (Å²) in [7, 11) is 0. The molecule has 0 aromatic rings. The van der Waals surface area contributed by atoms with Crippen molar-refractivity contribution in [2.24, 2.45) is 52.2 Å². The zero-order valence-corrected chi connectivity index (χ0v) is 41.2. The first-order valence-electron chi connectivity index (χ1n) is 20.1. The standard InChI is InChI=1S/C8H16O.C7H16N2.C7H15NO.C7H15NS.C7H14O2.C7H14OS.CH4/c1-6(2)5-8(9)7(3)4;1-5(2)7(8)9-6(3)4;2*1-5(2)7(9)8-6(3)4;1-5(2)7(8)9-6(3)4;1-5(2)7(9)8-6(3)4;/h6-7H,5H2,1-4H3;5-6H,1-4H3,(H2,8,9);2*5-6H,1-4H3,(H,8,9);2*5-6H,1-4H3;1H4. The van der Waals surface area contributed by atoms with E-state index in [1.165, 1.54) is 0 Å². The Kier molecular flexibility index (Phi) is 49.2. The molecule has 0 bridgehead atoms. The average molecular weight is 823 g/mol. The number of amides is 1. The van der Waals surface area contributed by atoms with Crippen molar-refractivity contribution in [1.29, 1.82) is 0 Å². The summed E-state index contributed by atoms with van der Waals surface area (Å²) in [6, 6.07) is 1.06. The van der Waals surface area contributed by atoms with Crippen molar-refractivity contribution >= 4 is 58.0 Å². The molecule has 0 aliphatic heterocycles. The Balaban J connectivity index is -0.000000100. The van der Waals surface area contributed by atoms with Gasteiger partial charge >= 0.3 is 5.97 Å². The largest absolute Gasteiger partial charge is 0.484 e. The number of nitrogens with two attached hydrogens (primary N) is 1. The summed E-state index contributed by atoms with van der Waals surface area (Å²) in [5, 5.41) is 6.69. The fraction of sp³-hybridized carbons (Fsp3) is 0.864. The zero-order chi connectivity index (χ0) is 44.6. The highest BCUT2D eigenvalue weighted by Gasteiger charge is 2.10. The van der Waals surface area contributed by atoms with Gasteiger partial charge < -0.3 is 25.8 Å². The number of thiocarbonyl (C=S) groups is 2. The molecule has 332 valence electrons. The van der Waals surface area contributed by atoms with E-state index in [0.29, 0.717) is 46.6 Å². The summed E-state index contributed by atoms with van der Waals surface area (Å²) >= 11 is 9.98. The van der Waals surface area contributed by atoms with Crippen molar-refractivity contribution in [3.8, 4) is 0 Å². The van der Waals surface area contributed by atoms with Gasteiger partial charge in [-0.3, -0.25) is 19.4 Å². The number of nitrogens with one attached hydrogen (secondary N) is 2. The summed E-state index contributed by atoms with van der Waals surface area (Å²) < 4.78 is 10.1. The van der Waals surface area contributed by atoms with Gasteiger partial charge in [0, 0.05) is 54.1 Å². The highest BCUT2D eigenvalue weighted by molar-refractivity contribution is 7.80. The minimum Gasteiger partial charge on any atom is -0.484 e. The summed E-state index contributed by atoms with van der Waals surface area (Å²) in [5.74, 6) is 3.19. The van der Waals surface area contributed by atoms with Gasteiger partial charge in [0.05, 0.1) is 28.9 Å². The monoisotopic (exact) mass is 823 g/mol. The fourth-order valence-corrected chi connectivity index (χ4v) is 3.15. The summed E-state index contributed by atoms with van der Waals surface area (Å²) in [6.45, 7) is 47.6. The molecule has 55 heavy (non-hydrogen) atoms. The third-order valence-corrected chi connectivity index (χ3v) is 6.97. The molecule has 0 unspecified atom stereocenters. The number of amidine groups is 1. The van der Waals surface area contributed by atoms with Crippen LogP contribution in [0.4, 0.5) is 0 Å². The molecule has 0 fully saturated rings. The Morgan fingerprint density at radius 3 is 1.05 bits per heavy atom. The van der Waals surface area contributed by atoms with Gasteiger partial charge in [0.15, 0.2) is 5.05 Å². The van der Waals surface area contributed by atoms with Crippen LogP contribution in [0.5, 0.6) is 0 Å². The second kappa shape index (κ2) is 40.1.